The van der Waals surface area contributed by atoms with E-state index in [-0.39, 0.29) is 6.61 Å². The largest absolute Gasteiger partial charge is 0.388 e. The van der Waals surface area contributed by atoms with Crippen molar-refractivity contribution < 1.29 is 49.6 Å². The Labute approximate surface area is 188 Å². The number of aliphatic hydroxyl groups is 6. The standard InChI is InChI=1S/C22H38O10/c1-9-14(23)16(25)18(27)20(31-9)30-8-13-15(24)17(26)19(28)21(32-13)29-7-10-4-5-11-6-12(10)22(11,2)3/h9-21,23-28H,4-8H2,1-3H3/t9-,10-,11-,12-,13+,14-,15+,16+,17-,18+,19+,20+,21+/m0/s1. The smallest absolute Gasteiger partial charge is 0.186 e. The Bertz CT molecular complexity index is 644. The van der Waals surface area contributed by atoms with Crippen LogP contribution in [0.1, 0.15) is 40.0 Å². The van der Waals surface area contributed by atoms with Crippen molar-refractivity contribution in [1.82, 2.24) is 0 Å². The zero-order valence-corrected chi connectivity index (χ0v) is 18.9. The van der Waals surface area contributed by atoms with Crippen LogP contribution >= 0.6 is 0 Å². The minimum atomic E-state index is -1.50. The predicted octanol–water partition coefficient (Wildman–Crippen LogP) is -1.27. The Kier molecular flexibility index (Phi) is 7.21. The zero-order valence-electron chi connectivity index (χ0n) is 18.9. The summed E-state index contributed by atoms with van der Waals surface area (Å²) in [5, 5.41) is 60.8. The van der Waals surface area contributed by atoms with Gasteiger partial charge in [0.2, 0.25) is 0 Å². The molecule has 32 heavy (non-hydrogen) atoms. The predicted molar refractivity (Wildman–Crippen MR) is 109 cm³/mol. The molecule has 0 amide bonds. The minimum Gasteiger partial charge on any atom is -0.388 e. The lowest BCUT2D eigenvalue weighted by atomic mass is 9.46. The highest BCUT2D eigenvalue weighted by Gasteiger charge is 2.54. The van der Waals surface area contributed by atoms with Crippen molar-refractivity contribution >= 4 is 0 Å². The van der Waals surface area contributed by atoms with E-state index in [1.807, 2.05) is 0 Å². The van der Waals surface area contributed by atoms with Crippen LogP contribution in [-0.2, 0) is 18.9 Å². The Hall–Kier alpha value is -0.400. The molecular formula is C22H38O10. The van der Waals surface area contributed by atoms with Crippen molar-refractivity contribution in [3.8, 4) is 0 Å². The molecule has 5 fully saturated rings. The third-order valence-electron chi connectivity index (χ3n) is 8.38. The molecule has 0 aromatic heterocycles. The molecule has 3 aliphatic carbocycles. The summed E-state index contributed by atoms with van der Waals surface area (Å²) < 4.78 is 22.5. The molecule has 10 nitrogen and oxygen atoms in total. The van der Waals surface area contributed by atoms with Crippen molar-refractivity contribution in [1.29, 1.82) is 0 Å². The quantitative estimate of drug-likeness (QED) is 0.281. The molecule has 2 bridgehead atoms. The molecule has 5 rings (SSSR count). The highest BCUT2D eigenvalue weighted by Crippen LogP contribution is 2.61. The highest BCUT2D eigenvalue weighted by molar-refractivity contribution is 5.03. The monoisotopic (exact) mass is 462 g/mol. The number of hydrogen-bond acceptors (Lipinski definition) is 10. The molecule has 186 valence electrons. The van der Waals surface area contributed by atoms with Gasteiger partial charge in [0.25, 0.3) is 0 Å². The summed E-state index contributed by atoms with van der Waals surface area (Å²) in [7, 11) is 0. The first-order valence-corrected chi connectivity index (χ1v) is 11.6. The van der Waals surface area contributed by atoms with Crippen molar-refractivity contribution in [3.63, 3.8) is 0 Å². The molecule has 5 aliphatic rings. The average Bonchev–Trinajstić information content (AvgIpc) is 2.77. The van der Waals surface area contributed by atoms with E-state index in [4.69, 9.17) is 18.9 Å². The van der Waals surface area contributed by atoms with Gasteiger partial charge < -0.3 is 49.6 Å². The van der Waals surface area contributed by atoms with E-state index in [0.717, 1.165) is 18.8 Å². The van der Waals surface area contributed by atoms with E-state index in [9.17, 15) is 30.6 Å². The van der Waals surface area contributed by atoms with Gasteiger partial charge in [0, 0.05) is 0 Å². The molecule has 0 spiro atoms. The third kappa shape index (κ3) is 4.35. The van der Waals surface area contributed by atoms with Gasteiger partial charge in [-0.1, -0.05) is 13.8 Å². The van der Waals surface area contributed by atoms with Gasteiger partial charge in [-0.05, 0) is 49.4 Å². The molecular weight excluding hydrogens is 424 g/mol. The molecule has 0 aromatic rings. The van der Waals surface area contributed by atoms with Crippen molar-refractivity contribution in [2.24, 2.45) is 23.2 Å². The molecule has 3 saturated carbocycles. The van der Waals surface area contributed by atoms with Crippen molar-refractivity contribution in [2.45, 2.75) is 101 Å². The van der Waals surface area contributed by atoms with E-state index in [1.54, 1.807) is 0 Å². The van der Waals surface area contributed by atoms with Crippen molar-refractivity contribution in [2.75, 3.05) is 13.2 Å². The molecule has 0 aromatic carbocycles. The SMILES string of the molecule is C[C@@H]1O[C@@H](OC[C@H]2O[C@@H](OC[C@@H]3CC[C@H]4C[C@@H]3C4(C)C)[C@H](O)[C@@H](O)[C@@H]2O)[C@H](O)[C@H](O)[C@H]1O. The van der Waals surface area contributed by atoms with Crippen LogP contribution in [0.25, 0.3) is 0 Å². The van der Waals surface area contributed by atoms with Crippen LogP contribution < -0.4 is 0 Å². The first-order chi connectivity index (χ1) is 15.0. The van der Waals surface area contributed by atoms with E-state index in [2.05, 4.69) is 13.8 Å². The van der Waals surface area contributed by atoms with Gasteiger partial charge in [0.15, 0.2) is 12.6 Å². The number of rotatable bonds is 6. The minimum absolute atomic E-state index is 0.289. The molecule has 10 heteroatoms. The highest BCUT2D eigenvalue weighted by atomic mass is 16.7. The van der Waals surface area contributed by atoms with Gasteiger partial charge in [-0.2, -0.15) is 0 Å². The first kappa shape index (κ1) is 24.7. The Morgan fingerprint density at radius 1 is 0.750 bits per heavy atom. The number of hydrogen-bond donors (Lipinski definition) is 6. The summed E-state index contributed by atoms with van der Waals surface area (Å²) in [6, 6.07) is 0. The third-order valence-corrected chi connectivity index (χ3v) is 8.38. The van der Waals surface area contributed by atoms with E-state index >= 15 is 0 Å². The summed E-state index contributed by atoms with van der Waals surface area (Å²) in [6.45, 7) is 6.21. The van der Waals surface area contributed by atoms with Gasteiger partial charge in [0.05, 0.1) is 19.3 Å². The lowest BCUT2D eigenvalue weighted by Gasteiger charge is -2.60. The lowest BCUT2D eigenvalue weighted by molar-refractivity contribution is -0.330. The van der Waals surface area contributed by atoms with Gasteiger partial charge in [0.1, 0.15) is 42.7 Å². The molecule has 2 aliphatic heterocycles. The second kappa shape index (κ2) is 9.33. The van der Waals surface area contributed by atoms with Gasteiger partial charge >= 0.3 is 0 Å². The number of aliphatic hydroxyl groups excluding tert-OH is 6. The summed E-state index contributed by atoms with van der Waals surface area (Å²) in [5.41, 5.74) is 0.292. The number of ether oxygens (including phenoxy) is 4. The van der Waals surface area contributed by atoms with Crippen LogP contribution in [0.4, 0.5) is 0 Å². The molecule has 2 heterocycles. The maximum Gasteiger partial charge on any atom is 0.186 e. The summed E-state index contributed by atoms with van der Waals surface area (Å²) >= 11 is 0. The van der Waals surface area contributed by atoms with Gasteiger partial charge in [-0.15, -0.1) is 0 Å². The number of fused-ring (bicyclic) bond motifs is 2. The van der Waals surface area contributed by atoms with Crippen LogP contribution in [0, 0.1) is 23.2 Å². The van der Waals surface area contributed by atoms with Gasteiger partial charge in [-0.25, -0.2) is 0 Å². The second-order valence-corrected chi connectivity index (χ2v) is 10.6. The fourth-order valence-corrected chi connectivity index (χ4v) is 5.91. The first-order valence-electron chi connectivity index (χ1n) is 11.6. The van der Waals surface area contributed by atoms with Crippen LogP contribution in [0.2, 0.25) is 0 Å². The van der Waals surface area contributed by atoms with Crippen LogP contribution in [-0.4, -0.2) is 105 Å². The fraction of sp³-hybridized carbons (Fsp3) is 1.00. The van der Waals surface area contributed by atoms with Crippen LogP contribution in [0.5, 0.6) is 0 Å². The average molecular weight is 463 g/mol. The Balaban J connectivity index is 1.32. The zero-order chi connectivity index (χ0) is 23.4. The maximum atomic E-state index is 10.4. The maximum absolute atomic E-state index is 10.4. The summed E-state index contributed by atoms with van der Waals surface area (Å²) in [5.74, 6) is 1.67. The van der Waals surface area contributed by atoms with E-state index in [1.165, 1.54) is 13.3 Å². The normalized spacial score (nSPS) is 53.0. The van der Waals surface area contributed by atoms with Crippen LogP contribution in [0.3, 0.4) is 0 Å². The molecule has 6 N–H and O–H groups in total. The van der Waals surface area contributed by atoms with Crippen molar-refractivity contribution in [3.05, 3.63) is 0 Å². The topological polar surface area (TPSA) is 158 Å². The van der Waals surface area contributed by atoms with E-state index < -0.39 is 61.4 Å². The summed E-state index contributed by atoms with van der Waals surface area (Å²) in [6.07, 6.45) is -9.36. The molecule has 13 atom stereocenters. The Morgan fingerprint density at radius 2 is 1.34 bits per heavy atom. The fourth-order valence-electron chi connectivity index (χ4n) is 5.91. The molecule has 0 unspecified atom stereocenters. The van der Waals surface area contributed by atoms with Crippen LogP contribution in [0.15, 0.2) is 0 Å². The molecule has 0 radical (unpaired) electrons. The van der Waals surface area contributed by atoms with Gasteiger partial charge in [-0.3, -0.25) is 0 Å². The lowest BCUT2D eigenvalue weighted by Crippen LogP contribution is -2.61. The molecule has 2 saturated heterocycles. The Morgan fingerprint density at radius 3 is 1.97 bits per heavy atom. The second-order valence-electron chi connectivity index (χ2n) is 10.6. The summed E-state index contributed by atoms with van der Waals surface area (Å²) in [4.78, 5) is 0. The van der Waals surface area contributed by atoms with E-state index in [0.29, 0.717) is 23.9 Å².